The third-order valence-corrected chi connectivity index (χ3v) is 5.41. The molecule has 2 aromatic rings. The molecule has 2 atom stereocenters. The number of carbonyl (C=O) groups is 1. The molecule has 2 heterocycles. The molecule has 3 nitrogen and oxygen atoms in total. The average molecular weight is 302 g/mol. The molecule has 1 N–H and O–H groups in total. The number of carbonyl (C=O) groups excluding carboxylic acids is 1. The van der Waals surface area contributed by atoms with E-state index >= 15 is 0 Å². The van der Waals surface area contributed by atoms with Crippen LogP contribution >= 0.6 is 11.3 Å². The number of Topliss-reactive ketones (excluding diaryl/α,β-unsaturated/α-hetero) is 1. The van der Waals surface area contributed by atoms with Crippen molar-refractivity contribution >= 4 is 27.3 Å². The Morgan fingerprint density at radius 2 is 2.33 bits per heavy atom. The van der Waals surface area contributed by atoms with Crippen molar-refractivity contribution in [3.8, 4) is 0 Å². The largest absolute Gasteiger partial charge is 0.316 e. The van der Waals surface area contributed by atoms with Gasteiger partial charge in [-0.1, -0.05) is 19.1 Å². The van der Waals surface area contributed by atoms with E-state index in [1.807, 2.05) is 18.2 Å². The highest BCUT2D eigenvalue weighted by Gasteiger charge is 2.22. The topological polar surface area (TPSA) is 42.0 Å². The number of thiazole rings is 1. The fraction of sp³-hybridized carbons (Fsp3) is 0.529. The first kappa shape index (κ1) is 14.7. The van der Waals surface area contributed by atoms with Gasteiger partial charge in [0.1, 0.15) is 10.8 Å². The lowest BCUT2D eigenvalue weighted by molar-refractivity contribution is -0.119. The Bertz CT molecular complexity index is 583. The van der Waals surface area contributed by atoms with Crippen LogP contribution < -0.4 is 5.32 Å². The van der Waals surface area contributed by atoms with Crippen molar-refractivity contribution in [3.05, 3.63) is 29.3 Å². The van der Waals surface area contributed by atoms with Crippen molar-refractivity contribution < 1.29 is 4.79 Å². The van der Waals surface area contributed by atoms with E-state index in [2.05, 4.69) is 23.3 Å². The zero-order valence-corrected chi connectivity index (χ0v) is 13.3. The third-order valence-electron chi connectivity index (χ3n) is 4.38. The van der Waals surface area contributed by atoms with Gasteiger partial charge in [-0.3, -0.25) is 4.79 Å². The van der Waals surface area contributed by atoms with Crippen LogP contribution in [0.1, 0.15) is 31.2 Å². The molecule has 0 spiro atoms. The highest BCUT2D eigenvalue weighted by atomic mass is 32.1. The Labute approximate surface area is 129 Å². The number of benzene rings is 1. The third kappa shape index (κ3) is 3.69. The number of nitrogens with zero attached hydrogens (tertiary/aromatic N) is 1. The first-order valence-corrected chi connectivity index (χ1v) is 8.61. The summed E-state index contributed by atoms with van der Waals surface area (Å²) in [6.07, 6.45) is 3.66. The molecule has 3 rings (SSSR count). The second-order valence-corrected chi connectivity index (χ2v) is 7.19. The lowest BCUT2D eigenvalue weighted by Gasteiger charge is -2.27. The van der Waals surface area contributed by atoms with Crippen LogP contribution in [0.2, 0.25) is 0 Å². The maximum atomic E-state index is 12.3. The molecule has 1 saturated heterocycles. The Kier molecular flexibility index (Phi) is 4.66. The zero-order valence-electron chi connectivity index (χ0n) is 12.5. The number of nitrogens with one attached hydrogen (secondary N) is 1. The van der Waals surface area contributed by atoms with Gasteiger partial charge < -0.3 is 5.32 Å². The summed E-state index contributed by atoms with van der Waals surface area (Å²) >= 11 is 1.64. The molecular weight excluding hydrogens is 280 g/mol. The molecule has 0 saturated carbocycles. The molecular formula is C17H22N2OS. The van der Waals surface area contributed by atoms with E-state index in [0.29, 0.717) is 30.5 Å². The first-order valence-electron chi connectivity index (χ1n) is 7.79. The SMILES string of the molecule is CC(CC(=O)Cc1nc2ccccc2s1)C1CCCNC1. The van der Waals surface area contributed by atoms with E-state index in [9.17, 15) is 4.79 Å². The Morgan fingerprint density at radius 3 is 3.10 bits per heavy atom. The van der Waals surface area contributed by atoms with Crippen molar-refractivity contribution in [2.24, 2.45) is 11.8 Å². The summed E-state index contributed by atoms with van der Waals surface area (Å²) in [6, 6.07) is 8.09. The van der Waals surface area contributed by atoms with Crippen molar-refractivity contribution in [2.75, 3.05) is 13.1 Å². The minimum absolute atomic E-state index is 0.326. The van der Waals surface area contributed by atoms with Gasteiger partial charge in [0.25, 0.3) is 0 Å². The molecule has 0 radical (unpaired) electrons. The fourth-order valence-corrected chi connectivity index (χ4v) is 4.12. The van der Waals surface area contributed by atoms with E-state index in [0.717, 1.165) is 23.6 Å². The van der Waals surface area contributed by atoms with Crippen molar-refractivity contribution in [1.82, 2.24) is 10.3 Å². The number of hydrogen-bond acceptors (Lipinski definition) is 4. The summed E-state index contributed by atoms with van der Waals surface area (Å²) in [6.45, 7) is 4.41. The average Bonchev–Trinajstić information content (AvgIpc) is 2.90. The molecule has 112 valence electrons. The van der Waals surface area contributed by atoms with Gasteiger partial charge in [0.15, 0.2) is 0 Å². The van der Waals surface area contributed by atoms with Gasteiger partial charge in [-0.05, 0) is 49.9 Å². The van der Waals surface area contributed by atoms with Crippen LogP contribution in [0.5, 0.6) is 0 Å². The fourth-order valence-electron chi connectivity index (χ4n) is 3.13. The standard InChI is InChI=1S/C17H22N2OS/c1-12(13-5-4-8-18-11-13)9-14(20)10-17-19-15-6-2-3-7-16(15)21-17/h2-3,6-7,12-13,18H,4-5,8-11H2,1H3. The molecule has 1 aromatic carbocycles. The number of para-hydroxylation sites is 1. The summed E-state index contributed by atoms with van der Waals surface area (Å²) in [5.74, 6) is 1.45. The van der Waals surface area contributed by atoms with Crippen molar-refractivity contribution in [1.29, 1.82) is 0 Å². The van der Waals surface area contributed by atoms with E-state index < -0.39 is 0 Å². The van der Waals surface area contributed by atoms with Gasteiger partial charge >= 0.3 is 0 Å². The molecule has 21 heavy (non-hydrogen) atoms. The summed E-state index contributed by atoms with van der Waals surface area (Å²) < 4.78 is 1.17. The van der Waals surface area contributed by atoms with E-state index in [1.165, 1.54) is 17.5 Å². The number of piperidine rings is 1. The Hall–Kier alpha value is -1.26. The molecule has 2 unspecified atom stereocenters. The molecule has 1 fully saturated rings. The monoisotopic (exact) mass is 302 g/mol. The van der Waals surface area contributed by atoms with Gasteiger partial charge in [0.2, 0.25) is 0 Å². The van der Waals surface area contributed by atoms with Gasteiger partial charge in [0, 0.05) is 6.42 Å². The number of aromatic nitrogens is 1. The molecule has 0 amide bonds. The van der Waals surface area contributed by atoms with Crippen molar-refractivity contribution in [3.63, 3.8) is 0 Å². The maximum Gasteiger partial charge on any atom is 0.139 e. The number of rotatable bonds is 5. The highest BCUT2D eigenvalue weighted by molar-refractivity contribution is 7.18. The van der Waals surface area contributed by atoms with Crippen LogP contribution in [0.15, 0.2) is 24.3 Å². The van der Waals surface area contributed by atoms with Crippen molar-refractivity contribution in [2.45, 2.75) is 32.6 Å². The molecule has 1 aromatic heterocycles. The second kappa shape index (κ2) is 6.67. The second-order valence-electron chi connectivity index (χ2n) is 6.08. The summed E-state index contributed by atoms with van der Waals surface area (Å²) in [7, 11) is 0. The quantitative estimate of drug-likeness (QED) is 0.920. The van der Waals surface area contributed by atoms with Crippen LogP contribution in [-0.4, -0.2) is 23.9 Å². The maximum absolute atomic E-state index is 12.3. The smallest absolute Gasteiger partial charge is 0.139 e. The normalized spacial score (nSPS) is 20.5. The molecule has 1 aliphatic heterocycles. The van der Waals surface area contributed by atoms with E-state index in [4.69, 9.17) is 0 Å². The summed E-state index contributed by atoms with van der Waals surface area (Å²) in [5, 5.41) is 4.39. The number of ketones is 1. The lowest BCUT2D eigenvalue weighted by Crippen LogP contribution is -2.34. The summed E-state index contributed by atoms with van der Waals surface area (Å²) in [5.41, 5.74) is 1.01. The molecule has 0 aliphatic carbocycles. The first-order chi connectivity index (χ1) is 10.2. The number of hydrogen-bond donors (Lipinski definition) is 1. The highest BCUT2D eigenvalue weighted by Crippen LogP contribution is 2.25. The predicted octanol–water partition coefficient (Wildman–Crippen LogP) is 3.43. The van der Waals surface area contributed by atoms with E-state index in [-0.39, 0.29) is 0 Å². The van der Waals surface area contributed by atoms with Crippen LogP contribution in [0, 0.1) is 11.8 Å². The number of fused-ring (bicyclic) bond motifs is 1. The van der Waals surface area contributed by atoms with Crippen LogP contribution in [0.4, 0.5) is 0 Å². The Balaban J connectivity index is 1.58. The van der Waals surface area contributed by atoms with Gasteiger partial charge in [-0.15, -0.1) is 11.3 Å². The molecule has 0 bridgehead atoms. The van der Waals surface area contributed by atoms with E-state index in [1.54, 1.807) is 11.3 Å². The van der Waals surface area contributed by atoms with Gasteiger partial charge in [-0.2, -0.15) is 0 Å². The minimum atomic E-state index is 0.326. The molecule has 1 aliphatic rings. The lowest BCUT2D eigenvalue weighted by atomic mass is 9.84. The predicted molar refractivity (Wildman–Crippen MR) is 87.7 cm³/mol. The van der Waals surface area contributed by atoms with Crippen LogP contribution in [-0.2, 0) is 11.2 Å². The van der Waals surface area contributed by atoms with Crippen LogP contribution in [0.3, 0.4) is 0 Å². The van der Waals surface area contributed by atoms with Gasteiger partial charge in [-0.25, -0.2) is 4.98 Å². The molecule has 4 heteroatoms. The minimum Gasteiger partial charge on any atom is -0.316 e. The van der Waals surface area contributed by atoms with Crippen LogP contribution in [0.25, 0.3) is 10.2 Å². The van der Waals surface area contributed by atoms with Gasteiger partial charge in [0.05, 0.1) is 16.6 Å². The summed E-state index contributed by atoms with van der Waals surface area (Å²) in [4.78, 5) is 16.8. The Morgan fingerprint density at radius 1 is 1.48 bits per heavy atom. The zero-order chi connectivity index (χ0) is 14.7.